The molecule has 1 aliphatic heterocycles. The Bertz CT molecular complexity index is 1020. The van der Waals surface area contributed by atoms with Crippen molar-refractivity contribution in [3.63, 3.8) is 0 Å². The van der Waals surface area contributed by atoms with Gasteiger partial charge in [0, 0.05) is 31.6 Å². The second-order valence-electron chi connectivity index (χ2n) is 8.22. The quantitative estimate of drug-likeness (QED) is 0.454. The molecule has 1 fully saturated rings. The number of aromatic nitrogens is 1. The van der Waals surface area contributed by atoms with Gasteiger partial charge in [0.25, 0.3) is 0 Å². The zero-order valence-corrected chi connectivity index (χ0v) is 19.9. The minimum Gasteiger partial charge on any atom is -0.486 e. The third-order valence-electron chi connectivity index (χ3n) is 5.74. The molecule has 2 aromatic carbocycles. The van der Waals surface area contributed by atoms with E-state index < -0.39 is 0 Å². The smallest absolute Gasteiger partial charge is 0.227 e. The topological polar surface area (TPSA) is 54.9 Å². The van der Waals surface area contributed by atoms with Crippen LogP contribution >= 0.6 is 11.3 Å². The Morgan fingerprint density at radius 2 is 1.88 bits per heavy atom. The molecular formula is C26H31N3O3S. The molecule has 0 N–H and O–H groups in total. The van der Waals surface area contributed by atoms with E-state index in [1.54, 1.807) is 11.3 Å². The molecular weight excluding hydrogens is 434 g/mol. The molecule has 0 unspecified atom stereocenters. The van der Waals surface area contributed by atoms with Crippen LogP contribution in [0.2, 0.25) is 0 Å². The Morgan fingerprint density at radius 3 is 2.67 bits per heavy atom. The first kappa shape index (κ1) is 23.4. The fourth-order valence-corrected chi connectivity index (χ4v) is 4.50. The van der Waals surface area contributed by atoms with Crippen LogP contribution in [0.1, 0.15) is 21.8 Å². The van der Waals surface area contributed by atoms with Crippen LogP contribution in [-0.2, 0) is 29.1 Å². The minimum atomic E-state index is 0.125. The molecule has 7 heteroatoms. The third kappa shape index (κ3) is 7.12. The molecule has 4 rings (SSSR count). The summed E-state index contributed by atoms with van der Waals surface area (Å²) in [5.74, 6) is 1.000. The van der Waals surface area contributed by atoms with E-state index >= 15 is 0 Å². The van der Waals surface area contributed by atoms with Crippen LogP contribution in [0.25, 0.3) is 0 Å². The van der Waals surface area contributed by atoms with Crippen molar-refractivity contribution < 1.29 is 14.3 Å². The minimum absolute atomic E-state index is 0.125. The van der Waals surface area contributed by atoms with Gasteiger partial charge in [0.15, 0.2) is 0 Å². The van der Waals surface area contributed by atoms with E-state index in [9.17, 15) is 4.79 Å². The Balaban J connectivity index is 1.38. The molecule has 0 aliphatic carbocycles. The van der Waals surface area contributed by atoms with Gasteiger partial charge in [0.05, 0.1) is 31.9 Å². The summed E-state index contributed by atoms with van der Waals surface area (Å²) in [4.78, 5) is 22.2. The van der Waals surface area contributed by atoms with Crippen LogP contribution in [0.4, 0.5) is 0 Å². The standard InChI is InChI=1S/C26H31N3O3S/c1-21-7-5-6-10-24(21)32-19-25-27-23(20-33-25)18-29(12-11-28-13-15-31-16-14-28)26(30)17-22-8-3-2-4-9-22/h2-10,20H,11-19H2,1H3. The van der Waals surface area contributed by atoms with Gasteiger partial charge >= 0.3 is 0 Å². The highest BCUT2D eigenvalue weighted by Gasteiger charge is 2.19. The van der Waals surface area contributed by atoms with Gasteiger partial charge < -0.3 is 14.4 Å². The number of hydrogen-bond donors (Lipinski definition) is 0. The van der Waals surface area contributed by atoms with Crippen molar-refractivity contribution in [2.24, 2.45) is 0 Å². The van der Waals surface area contributed by atoms with Crippen LogP contribution < -0.4 is 4.74 Å². The van der Waals surface area contributed by atoms with Crippen LogP contribution in [0.5, 0.6) is 5.75 Å². The number of rotatable bonds is 10. The Morgan fingerprint density at radius 1 is 1.12 bits per heavy atom. The lowest BCUT2D eigenvalue weighted by Crippen LogP contribution is -2.43. The monoisotopic (exact) mass is 465 g/mol. The number of nitrogens with zero attached hydrogens (tertiary/aromatic N) is 3. The molecule has 2 heterocycles. The maximum atomic E-state index is 13.2. The fraction of sp³-hybridized carbons (Fsp3) is 0.385. The van der Waals surface area contributed by atoms with Gasteiger partial charge in [-0.05, 0) is 24.1 Å². The van der Waals surface area contributed by atoms with Crippen molar-refractivity contribution in [3.05, 3.63) is 81.8 Å². The van der Waals surface area contributed by atoms with E-state index in [1.165, 1.54) is 0 Å². The van der Waals surface area contributed by atoms with Crippen LogP contribution in [0.15, 0.2) is 60.0 Å². The number of carbonyl (C=O) groups is 1. The largest absolute Gasteiger partial charge is 0.486 e. The molecule has 1 saturated heterocycles. The summed E-state index contributed by atoms with van der Waals surface area (Å²) in [7, 11) is 0. The molecule has 33 heavy (non-hydrogen) atoms. The average molecular weight is 466 g/mol. The van der Waals surface area contributed by atoms with Crippen molar-refractivity contribution in [3.8, 4) is 5.75 Å². The molecule has 0 radical (unpaired) electrons. The molecule has 6 nitrogen and oxygen atoms in total. The van der Waals surface area contributed by atoms with E-state index in [1.807, 2.05) is 71.8 Å². The number of thiazole rings is 1. The lowest BCUT2D eigenvalue weighted by atomic mass is 10.1. The molecule has 1 amide bonds. The third-order valence-corrected chi connectivity index (χ3v) is 6.61. The zero-order chi connectivity index (χ0) is 22.9. The normalized spacial score (nSPS) is 14.2. The Labute approximate surface area is 199 Å². The first-order valence-electron chi connectivity index (χ1n) is 11.4. The van der Waals surface area contributed by atoms with E-state index in [-0.39, 0.29) is 5.91 Å². The van der Waals surface area contributed by atoms with E-state index in [0.29, 0.717) is 26.1 Å². The van der Waals surface area contributed by atoms with Gasteiger partial charge in [-0.2, -0.15) is 0 Å². The molecule has 1 aromatic heterocycles. The molecule has 174 valence electrons. The number of para-hydroxylation sites is 1. The van der Waals surface area contributed by atoms with Gasteiger partial charge in [-0.25, -0.2) is 4.98 Å². The highest BCUT2D eigenvalue weighted by atomic mass is 32.1. The Hall–Kier alpha value is -2.74. The number of ether oxygens (including phenoxy) is 2. The number of morpholine rings is 1. The summed E-state index contributed by atoms with van der Waals surface area (Å²) < 4.78 is 11.4. The van der Waals surface area contributed by atoms with Crippen molar-refractivity contribution in [1.82, 2.24) is 14.8 Å². The number of hydrogen-bond acceptors (Lipinski definition) is 6. The molecule has 0 bridgehead atoms. The summed E-state index contributed by atoms with van der Waals surface area (Å²) in [6.07, 6.45) is 0.400. The molecule has 0 atom stereocenters. The van der Waals surface area contributed by atoms with Gasteiger partial charge in [0.1, 0.15) is 17.4 Å². The van der Waals surface area contributed by atoms with Gasteiger partial charge in [0.2, 0.25) is 5.91 Å². The summed E-state index contributed by atoms with van der Waals surface area (Å²) >= 11 is 1.58. The number of carbonyl (C=O) groups excluding carboxylic acids is 1. The van der Waals surface area contributed by atoms with Gasteiger partial charge in [-0.3, -0.25) is 9.69 Å². The molecule has 0 saturated carbocycles. The molecule has 3 aromatic rings. The summed E-state index contributed by atoms with van der Waals surface area (Å²) in [6.45, 7) is 7.85. The first-order valence-corrected chi connectivity index (χ1v) is 12.3. The fourth-order valence-electron chi connectivity index (χ4n) is 3.80. The van der Waals surface area contributed by atoms with Crippen LogP contribution in [0.3, 0.4) is 0 Å². The second kappa shape index (κ2) is 11.9. The highest BCUT2D eigenvalue weighted by molar-refractivity contribution is 7.09. The van der Waals surface area contributed by atoms with Crippen molar-refractivity contribution in [2.45, 2.75) is 26.5 Å². The summed E-state index contributed by atoms with van der Waals surface area (Å²) in [6, 6.07) is 17.9. The van der Waals surface area contributed by atoms with Gasteiger partial charge in [-0.1, -0.05) is 48.5 Å². The van der Waals surface area contributed by atoms with E-state index in [2.05, 4.69) is 4.90 Å². The van der Waals surface area contributed by atoms with E-state index in [0.717, 1.165) is 60.4 Å². The predicted molar refractivity (Wildman–Crippen MR) is 130 cm³/mol. The average Bonchev–Trinajstić information content (AvgIpc) is 3.30. The van der Waals surface area contributed by atoms with Crippen molar-refractivity contribution >= 4 is 17.2 Å². The predicted octanol–water partition coefficient (Wildman–Crippen LogP) is 3.93. The lowest BCUT2D eigenvalue weighted by molar-refractivity contribution is -0.131. The highest BCUT2D eigenvalue weighted by Crippen LogP contribution is 2.20. The number of benzene rings is 2. The molecule has 0 spiro atoms. The number of amides is 1. The maximum Gasteiger partial charge on any atom is 0.227 e. The number of aryl methyl sites for hydroxylation is 1. The second-order valence-corrected chi connectivity index (χ2v) is 9.16. The van der Waals surface area contributed by atoms with Crippen LogP contribution in [-0.4, -0.2) is 60.1 Å². The van der Waals surface area contributed by atoms with Crippen LogP contribution in [0, 0.1) is 6.92 Å². The maximum absolute atomic E-state index is 13.2. The lowest BCUT2D eigenvalue weighted by Gasteiger charge is -2.30. The molecule has 1 aliphatic rings. The first-order chi connectivity index (χ1) is 16.2. The van der Waals surface area contributed by atoms with E-state index in [4.69, 9.17) is 14.5 Å². The summed E-state index contributed by atoms with van der Waals surface area (Å²) in [5, 5.41) is 2.95. The van der Waals surface area contributed by atoms with Gasteiger partial charge in [-0.15, -0.1) is 11.3 Å². The van der Waals surface area contributed by atoms with Crippen molar-refractivity contribution in [1.29, 1.82) is 0 Å². The summed E-state index contributed by atoms with van der Waals surface area (Å²) in [5.41, 5.74) is 3.05. The van der Waals surface area contributed by atoms with Crippen molar-refractivity contribution in [2.75, 3.05) is 39.4 Å². The zero-order valence-electron chi connectivity index (χ0n) is 19.1. The Kier molecular flexibility index (Phi) is 8.47. The SMILES string of the molecule is Cc1ccccc1OCc1nc(CN(CCN2CCOCC2)C(=O)Cc2ccccc2)cs1.